The van der Waals surface area contributed by atoms with Gasteiger partial charge in [0.15, 0.2) is 23.0 Å². The van der Waals surface area contributed by atoms with Gasteiger partial charge in [-0.25, -0.2) is 18.7 Å². The number of carbonyl (C=O) groups excluding carboxylic acids is 2. The van der Waals surface area contributed by atoms with E-state index in [1.807, 2.05) is 0 Å². The summed E-state index contributed by atoms with van der Waals surface area (Å²) < 4.78 is 51.2. The van der Waals surface area contributed by atoms with Gasteiger partial charge in [0.05, 0.1) is 36.7 Å². The van der Waals surface area contributed by atoms with E-state index in [1.54, 1.807) is 4.90 Å². The van der Waals surface area contributed by atoms with Crippen molar-refractivity contribution in [2.75, 3.05) is 45.2 Å². The van der Waals surface area contributed by atoms with Crippen LogP contribution in [0.1, 0.15) is 16.8 Å². The summed E-state index contributed by atoms with van der Waals surface area (Å²) in [6, 6.07) is 4.94. The Balaban J connectivity index is 0.00000240. The number of aliphatic hydroxyl groups excluding tert-OH is 1. The molecule has 0 saturated carbocycles. The van der Waals surface area contributed by atoms with Crippen LogP contribution in [0.5, 0.6) is 5.75 Å². The highest BCUT2D eigenvalue weighted by molar-refractivity contribution is 9.10. The third-order valence-electron chi connectivity index (χ3n) is 7.77. The number of anilines is 2. The summed E-state index contributed by atoms with van der Waals surface area (Å²) in [6.45, 7) is 1.43. The van der Waals surface area contributed by atoms with Crippen molar-refractivity contribution in [3.63, 3.8) is 0 Å². The van der Waals surface area contributed by atoms with Crippen molar-refractivity contribution < 1.29 is 32.6 Å². The Labute approximate surface area is 282 Å². The fraction of sp³-hybridized carbons (Fsp3) is 0.310. The van der Waals surface area contributed by atoms with Gasteiger partial charge in [0.25, 0.3) is 5.91 Å². The highest BCUT2D eigenvalue weighted by Crippen LogP contribution is 2.33. The summed E-state index contributed by atoms with van der Waals surface area (Å²) >= 11 is 3.32. The number of rotatable bonds is 6. The van der Waals surface area contributed by atoms with E-state index in [-0.39, 0.29) is 88.0 Å². The predicted molar refractivity (Wildman–Crippen MR) is 172 cm³/mol. The van der Waals surface area contributed by atoms with E-state index in [1.165, 1.54) is 53.2 Å². The minimum atomic E-state index is -1.13. The van der Waals surface area contributed by atoms with Crippen molar-refractivity contribution in [1.29, 1.82) is 0 Å². The number of methoxy groups -OCH3 is 1. The third kappa shape index (κ3) is 6.60. The lowest BCUT2D eigenvalue weighted by Crippen LogP contribution is -2.54. The van der Waals surface area contributed by atoms with Crippen molar-refractivity contribution in [3.8, 4) is 17.0 Å². The first-order valence-corrected chi connectivity index (χ1v) is 14.6. The maximum atomic E-state index is 15.4. The number of aliphatic hydroxyl groups is 1. The predicted octanol–water partition coefficient (Wildman–Crippen LogP) is 4.18. The average Bonchev–Trinajstić information content (AvgIpc) is 3.65. The number of hydrogen-bond donors (Lipinski definition) is 3. The Morgan fingerprint density at radius 3 is 2.43 bits per heavy atom. The van der Waals surface area contributed by atoms with E-state index in [4.69, 9.17) is 4.74 Å². The molecule has 0 unspecified atom stereocenters. The lowest BCUT2D eigenvalue weighted by Gasteiger charge is -2.36. The number of carbonyl (C=O) groups is 2. The van der Waals surface area contributed by atoms with Crippen LogP contribution in [-0.2, 0) is 4.79 Å². The fourth-order valence-corrected chi connectivity index (χ4v) is 6.10. The number of imidazole rings is 1. The average molecular weight is 747 g/mol. The molecule has 2 aliphatic heterocycles. The summed E-state index contributed by atoms with van der Waals surface area (Å²) in [5.41, 5.74) is 0.603. The van der Waals surface area contributed by atoms with Gasteiger partial charge < -0.3 is 30.3 Å². The number of benzene rings is 2. The molecule has 17 heteroatoms. The molecule has 4 heterocycles. The van der Waals surface area contributed by atoms with Gasteiger partial charge in [-0.15, -0.1) is 24.8 Å². The molecule has 2 aliphatic rings. The van der Waals surface area contributed by atoms with Gasteiger partial charge in [-0.2, -0.15) is 4.39 Å². The van der Waals surface area contributed by atoms with Crippen LogP contribution in [0, 0.1) is 17.5 Å². The van der Waals surface area contributed by atoms with Crippen LogP contribution in [0.4, 0.5) is 24.7 Å². The molecule has 2 saturated heterocycles. The minimum absolute atomic E-state index is 0. The van der Waals surface area contributed by atoms with Gasteiger partial charge >= 0.3 is 0 Å². The quantitative estimate of drug-likeness (QED) is 0.269. The first-order chi connectivity index (χ1) is 21.2. The monoisotopic (exact) mass is 745 g/mol. The highest BCUT2D eigenvalue weighted by Gasteiger charge is 2.34. The topological polar surface area (TPSA) is 124 Å². The van der Waals surface area contributed by atoms with E-state index < -0.39 is 35.5 Å². The number of halogens is 6. The molecule has 4 aromatic rings. The van der Waals surface area contributed by atoms with Crippen LogP contribution in [0.3, 0.4) is 0 Å². The summed E-state index contributed by atoms with van der Waals surface area (Å²) in [7, 11) is 1.24. The molecule has 2 aromatic heterocycles. The largest absolute Gasteiger partial charge is 0.494 e. The molecule has 0 radical (unpaired) electrons. The molecule has 6 rings (SSSR count). The van der Waals surface area contributed by atoms with Gasteiger partial charge in [-0.05, 0) is 46.6 Å². The van der Waals surface area contributed by atoms with Crippen molar-refractivity contribution >= 4 is 69.7 Å². The van der Waals surface area contributed by atoms with E-state index in [9.17, 15) is 23.5 Å². The Bertz CT molecular complexity index is 1750. The normalized spacial score (nSPS) is 17.8. The van der Waals surface area contributed by atoms with E-state index >= 15 is 4.39 Å². The number of hydrogen-bond acceptors (Lipinski definition) is 8. The highest BCUT2D eigenvalue weighted by atomic mass is 79.9. The Hall–Kier alpha value is -3.63. The number of aromatic nitrogens is 3. The first-order valence-electron chi connectivity index (χ1n) is 13.8. The number of fused-ring (bicyclic) bond motifs is 1. The molecule has 46 heavy (non-hydrogen) atoms. The molecule has 246 valence electrons. The fourth-order valence-electron chi connectivity index (χ4n) is 5.49. The first kappa shape index (κ1) is 35.2. The van der Waals surface area contributed by atoms with Crippen molar-refractivity contribution in [2.24, 2.45) is 0 Å². The Morgan fingerprint density at radius 2 is 1.78 bits per heavy atom. The SMILES string of the molecule is COc1ccc(-c2cnc3c(Nc4cc(F)c(C(=O)N5CCN(C(=O)[C@@H]6C[C@@H](O)CN6)CC5)c(Br)c4)nccn23)c(F)c1F.Cl.Cl. The number of β-amino-alcohol motifs (C(OH)–C–C–N with tert-alkyl or cyclic N) is 1. The molecule has 0 spiro atoms. The molecule has 2 aromatic carbocycles. The van der Waals surface area contributed by atoms with Gasteiger partial charge in [0.1, 0.15) is 5.82 Å². The number of ether oxygens (including phenoxy) is 1. The second kappa shape index (κ2) is 14.4. The Morgan fingerprint density at radius 1 is 1.07 bits per heavy atom. The smallest absolute Gasteiger partial charge is 0.258 e. The van der Waals surface area contributed by atoms with E-state index in [0.717, 1.165) is 6.07 Å². The summed E-state index contributed by atoms with van der Waals surface area (Å²) in [6.07, 6.45) is 4.12. The van der Waals surface area contributed by atoms with Gasteiger partial charge in [-0.1, -0.05) is 0 Å². The molecular formula is C29H29BrCl2F3N7O4. The zero-order valence-corrected chi connectivity index (χ0v) is 27.4. The lowest BCUT2D eigenvalue weighted by molar-refractivity contribution is -0.134. The maximum Gasteiger partial charge on any atom is 0.258 e. The van der Waals surface area contributed by atoms with Crippen LogP contribution >= 0.6 is 40.7 Å². The van der Waals surface area contributed by atoms with Crippen LogP contribution in [0.15, 0.2) is 47.3 Å². The van der Waals surface area contributed by atoms with Crippen LogP contribution in [0.2, 0.25) is 0 Å². The van der Waals surface area contributed by atoms with Gasteiger partial charge in [0, 0.05) is 60.8 Å². The minimum Gasteiger partial charge on any atom is -0.494 e. The van der Waals surface area contributed by atoms with Crippen molar-refractivity contribution in [2.45, 2.75) is 18.6 Å². The molecule has 2 amide bonds. The second-order valence-corrected chi connectivity index (χ2v) is 11.3. The van der Waals surface area contributed by atoms with Crippen molar-refractivity contribution in [3.05, 3.63) is 70.3 Å². The number of amides is 2. The molecule has 3 N–H and O–H groups in total. The zero-order valence-electron chi connectivity index (χ0n) is 24.2. The zero-order chi connectivity index (χ0) is 31.1. The van der Waals surface area contributed by atoms with Crippen LogP contribution in [-0.4, -0.2) is 93.1 Å². The second-order valence-electron chi connectivity index (χ2n) is 10.5. The lowest BCUT2D eigenvalue weighted by atomic mass is 10.1. The Kier molecular flexibility index (Phi) is 11.0. The van der Waals surface area contributed by atoms with E-state index in [2.05, 4.69) is 36.5 Å². The standard InChI is InChI=1S/C29H27BrF3N7O4.2ClH/c1-44-22-3-2-17(24(32)25(22)33)21-14-36-27-26(34-4-5-40(21)27)37-15-10-18(30)23(19(31)11-15)29(43)39-8-6-38(7-9-39)28(42)20-12-16(41)13-35-20;;/h2-5,10-11,14,16,20,35,41H,6-9,12-13H2,1H3,(H,34,37);2*1H/t16-,20+;;/m1../s1. The van der Waals surface area contributed by atoms with Crippen LogP contribution < -0.4 is 15.4 Å². The number of nitrogens with one attached hydrogen (secondary N) is 2. The molecule has 0 aliphatic carbocycles. The van der Waals surface area contributed by atoms with E-state index in [0.29, 0.717) is 26.1 Å². The summed E-state index contributed by atoms with van der Waals surface area (Å²) in [5, 5.41) is 15.7. The molecular weight excluding hydrogens is 718 g/mol. The molecule has 2 fully saturated rings. The summed E-state index contributed by atoms with van der Waals surface area (Å²) in [4.78, 5) is 37.7. The third-order valence-corrected chi connectivity index (χ3v) is 8.40. The molecule has 2 atom stereocenters. The molecule has 0 bridgehead atoms. The van der Waals surface area contributed by atoms with Gasteiger partial charge in [0.2, 0.25) is 11.7 Å². The van der Waals surface area contributed by atoms with Crippen molar-refractivity contribution in [1.82, 2.24) is 29.5 Å². The summed E-state index contributed by atoms with van der Waals surface area (Å²) in [5.74, 6) is -3.65. The maximum absolute atomic E-state index is 15.4. The number of nitrogens with zero attached hydrogens (tertiary/aromatic N) is 5. The molecule has 11 nitrogen and oxygen atoms in total. The number of piperazine rings is 1. The van der Waals surface area contributed by atoms with Crippen LogP contribution in [0.25, 0.3) is 16.9 Å². The van der Waals surface area contributed by atoms with Gasteiger partial charge in [-0.3, -0.25) is 14.0 Å².